The van der Waals surface area contributed by atoms with E-state index < -0.39 is 36.8 Å². The summed E-state index contributed by atoms with van der Waals surface area (Å²) in [6.07, 6.45) is -0.463. The van der Waals surface area contributed by atoms with Gasteiger partial charge in [-0.1, -0.05) is 0 Å². The van der Waals surface area contributed by atoms with Crippen molar-refractivity contribution in [3.05, 3.63) is 0 Å². The summed E-state index contributed by atoms with van der Waals surface area (Å²) in [5.74, 6) is -2.70. The number of carbonyl (C=O) groups is 4. The van der Waals surface area contributed by atoms with E-state index in [9.17, 15) is 19.2 Å². The number of imide groups is 2. The Morgan fingerprint density at radius 3 is 2.43 bits per heavy atom. The van der Waals surface area contributed by atoms with Crippen LogP contribution in [0.3, 0.4) is 0 Å². The lowest BCUT2D eigenvalue weighted by molar-refractivity contribution is -0.148. The van der Waals surface area contributed by atoms with Crippen molar-refractivity contribution < 1.29 is 24.3 Å². The maximum Gasteiger partial charge on any atom is 0.333 e. The largest absolute Gasteiger partial charge is 0.480 e. The van der Waals surface area contributed by atoms with Gasteiger partial charge in [-0.15, -0.1) is 0 Å². The van der Waals surface area contributed by atoms with Gasteiger partial charge in [0.15, 0.2) is 0 Å². The Morgan fingerprint density at radius 1 is 1.36 bits per heavy atom. The highest BCUT2D eigenvalue weighted by atomic mass is 16.4. The summed E-state index contributed by atoms with van der Waals surface area (Å²) in [4.78, 5) is 44.8. The van der Waals surface area contributed by atoms with Gasteiger partial charge in [0, 0.05) is 7.05 Å². The fourth-order valence-electron chi connectivity index (χ4n) is 1.03. The average molecular weight is 200 g/mol. The molecular weight excluding hydrogens is 192 g/mol. The van der Waals surface area contributed by atoms with Crippen LogP contribution in [0.4, 0.5) is 4.79 Å². The maximum absolute atomic E-state index is 11.2. The minimum absolute atomic E-state index is 0.463. The lowest BCUT2D eigenvalue weighted by atomic mass is 10.2. The summed E-state index contributed by atoms with van der Waals surface area (Å²) < 4.78 is 0. The van der Waals surface area contributed by atoms with Crippen molar-refractivity contribution in [2.24, 2.45) is 0 Å². The third-order valence-corrected chi connectivity index (χ3v) is 1.79. The Hall–Kier alpha value is -1.92. The quantitative estimate of drug-likeness (QED) is 0.570. The fourth-order valence-corrected chi connectivity index (χ4v) is 1.03. The Bertz CT molecular complexity index is 324. The number of carbonyl (C=O) groups excluding carboxylic acids is 3. The van der Waals surface area contributed by atoms with E-state index in [1.165, 1.54) is 7.05 Å². The van der Waals surface area contributed by atoms with Crippen LogP contribution in [0.5, 0.6) is 0 Å². The van der Waals surface area contributed by atoms with Crippen molar-refractivity contribution >= 4 is 23.8 Å². The average Bonchev–Trinajstić information content (AvgIpc) is 2.09. The number of carboxylic acids is 1. The van der Waals surface area contributed by atoms with E-state index in [1.54, 1.807) is 0 Å². The molecule has 0 atom stereocenters. The first-order chi connectivity index (χ1) is 6.43. The maximum atomic E-state index is 11.2. The second kappa shape index (κ2) is 3.44. The van der Waals surface area contributed by atoms with Gasteiger partial charge < -0.3 is 5.11 Å². The van der Waals surface area contributed by atoms with Crippen LogP contribution in [0.15, 0.2) is 0 Å². The van der Waals surface area contributed by atoms with Crippen LogP contribution in [0.25, 0.3) is 0 Å². The number of hydrogen-bond donors (Lipinski definition) is 1. The molecule has 7 nitrogen and oxygen atoms in total. The van der Waals surface area contributed by atoms with Crippen LogP contribution in [-0.4, -0.2) is 52.3 Å². The Balaban J connectivity index is 2.84. The molecule has 0 unspecified atom stereocenters. The summed E-state index contributed by atoms with van der Waals surface area (Å²) in [7, 11) is 1.20. The molecule has 0 aromatic heterocycles. The molecule has 14 heavy (non-hydrogen) atoms. The Kier molecular flexibility index (Phi) is 2.50. The normalized spacial score (nSPS) is 17.6. The summed E-state index contributed by atoms with van der Waals surface area (Å²) >= 11 is 0. The number of barbiturate groups is 1. The molecule has 1 N–H and O–H groups in total. The van der Waals surface area contributed by atoms with E-state index in [2.05, 4.69) is 0 Å². The smallest absolute Gasteiger partial charge is 0.333 e. The Morgan fingerprint density at radius 2 is 1.93 bits per heavy atom. The molecule has 0 aromatic rings. The van der Waals surface area contributed by atoms with Gasteiger partial charge in [0.25, 0.3) is 0 Å². The standard InChI is InChI=1S/C7H8N2O5/c1-8-4(10)2-5(11)9(7(8)14)3-6(12)13/h2-3H2,1H3,(H,12,13). The first-order valence-corrected chi connectivity index (χ1v) is 3.76. The molecular formula is C7H8N2O5. The molecule has 0 spiro atoms. The molecule has 1 aliphatic rings. The molecule has 0 aliphatic carbocycles. The molecule has 1 heterocycles. The van der Waals surface area contributed by atoms with Gasteiger partial charge in [0.05, 0.1) is 0 Å². The van der Waals surface area contributed by atoms with Crippen LogP contribution in [0.1, 0.15) is 6.42 Å². The summed E-state index contributed by atoms with van der Waals surface area (Å²) in [6.45, 7) is -0.713. The molecule has 0 radical (unpaired) electrons. The number of urea groups is 1. The van der Waals surface area contributed by atoms with E-state index in [0.29, 0.717) is 4.90 Å². The van der Waals surface area contributed by atoms with Crippen LogP contribution >= 0.6 is 0 Å². The summed E-state index contributed by atoms with van der Waals surface area (Å²) in [6, 6.07) is -0.895. The highest BCUT2D eigenvalue weighted by Gasteiger charge is 2.36. The van der Waals surface area contributed by atoms with E-state index >= 15 is 0 Å². The number of aliphatic carboxylic acids is 1. The molecule has 4 amide bonds. The molecule has 1 saturated heterocycles. The number of rotatable bonds is 2. The van der Waals surface area contributed by atoms with Crippen molar-refractivity contribution in [1.82, 2.24) is 9.80 Å². The van der Waals surface area contributed by atoms with Crippen molar-refractivity contribution in [1.29, 1.82) is 0 Å². The fraction of sp³-hybridized carbons (Fsp3) is 0.429. The van der Waals surface area contributed by atoms with Gasteiger partial charge in [-0.3, -0.25) is 24.2 Å². The van der Waals surface area contributed by atoms with Crippen LogP contribution < -0.4 is 0 Å². The zero-order valence-corrected chi connectivity index (χ0v) is 7.39. The molecule has 76 valence electrons. The number of carboxylic acid groups (broad SMARTS) is 1. The third kappa shape index (κ3) is 1.70. The van der Waals surface area contributed by atoms with Gasteiger partial charge in [-0.25, -0.2) is 4.79 Å². The lowest BCUT2D eigenvalue weighted by Crippen LogP contribution is -2.54. The van der Waals surface area contributed by atoms with Crippen LogP contribution in [0.2, 0.25) is 0 Å². The second-order valence-corrected chi connectivity index (χ2v) is 2.79. The predicted molar refractivity (Wildman–Crippen MR) is 42.1 cm³/mol. The molecule has 1 rings (SSSR count). The van der Waals surface area contributed by atoms with E-state index in [-0.39, 0.29) is 0 Å². The molecule has 0 bridgehead atoms. The molecule has 7 heteroatoms. The minimum Gasteiger partial charge on any atom is -0.480 e. The zero-order valence-electron chi connectivity index (χ0n) is 7.39. The second-order valence-electron chi connectivity index (χ2n) is 2.79. The predicted octanol–water partition coefficient (Wildman–Crippen LogP) is -1.12. The van der Waals surface area contributed by atoms with Gasteiger partial charge in [0.1, 0.15) is 13.0 Å². The van der Waals surface area contributed by atoms with Gasteiger partial charge in [-0.2, -0.15) is 0 Å². The SMILES string of the molecule is CN1C(=O)CC(=O)N(CC(=O)O)C1=O. The highest BCUT2D eigenvalue weighted by Crippen LogP contribution is 2.09. The van der Waals surface area contributed by atoms with E-state index in [4.69, 9.17) is 5.11 Å². The van der Waals surface area contributed by atoms with Crippen molar-refractivity contribution in [2.75, 3.05) is 13.6 Å². The summed E-state index contributed by atoms with van der Waals surface area (Å²) in [5, 5.41) is 8.40. The highest BCUT2D eigenvalue weighted by molar-refractivity contribution is 6.14. The topological polar surface area (TPSA) is 95.0 Å². The van der Waals surface area contributed by atoms with E-state index in [0.717, 1.165) is 4.90 Å². The third-order valence-electron chi connectivity index (χ3n) is 1.79. The lowest BCUT2D eigenvalue weighted by Gasteiger charge is -2.28. The van der Waals surface area contributed by atoms with E-state index in [1.807, 2.05) is 0 Å². The molecule has 1 fully saturated rings. The first kappa shape index (κ1) is 10.2. The van der Waals surface area contributed by atoms with Gasteiger partial charge in [0.2, 0.25) is 11.8 Å². The number of nitrogens with zero attached hydrogens (tertiary/aromatic N) is 2. The number of amides is 4. The Labute approximate surface area is 78.9 Å². The monoisotopic (exact) mass is 200 g/mol. The van der Waals surface area contributed by atoms with Crippen molar-refractivity contribution in [3.8, 4) is 0 Å². The number of hydrogen-bond acceptors (Lipinski definition) is 4. The first-order valence-electron chi connectivity index (χ1n) is 3.76. The van der Waals surface area contributed by atoms with Gasteiger partial charge >= 0.3 is 12.0 Å². The minimum atomic E-state index is -1.30. The van der Waals surface area contributed by atoms with Crippen LogP contribution in [-0.2, 0) is 14.4 Å². The zero-order chi connectivity index (χ0) is 10.9. The summed E-state index contributed by atoms with van der Waals surface area (Å²) in [5.41, 5.74) is 0. The van der Waals surface area contributed by atoms with Crippen molar-refractivity contribution in [3.63, 3.8) is 0 Å². The van der Waals surface area contributed by atoms with Crippen molar-refractivity contribution in [2.45, 2.75) is 6.42 Å². The molecule has 1 aliphatic heterocycles. The molecule has 0 aromatic carbocycles. The molecule has 0 saturated carbocycles. The van der Waals surface area contributed by atoms with Gasteiger partial charge in [-0.05, 0) is 0 Å². The van der Waals surface area contributed by atoms with Crippen LogP contribution in [0, 0.1) is 0 Å².